The van der Waals surface area contributed by atoms with Crippen LogP contribution in [0.25, 0.3) is 5.65 Å². The molecule has 5 rings (SSSR count). The third-order valence-electron chi connectivity index (χ3n) is 5.68. The van der Waals surface area contributed by atoms with Gasteiger partial charge in [0.1, 0.15) is 17.7 Å². The van der Waals surface area contributed by atoms with Gasteiger partial charge in [0.2, 0.25) is 0 Å². The molecule has 0 unspecified atom stereocenters. The van der Waals surface area contributed by atoms with Crippen LogP contribution in [0.3, 0.4) is 0 Å². The third-order valence-corrected chi connectivity index (χ3v) is 5.68. The summed E-state index contributed by atoms with van der Waals surface area (Å²) in [5.74, 6) is 1.90. The maximum Gasteiger partial charge on any atom is 0.161 e. The third kappa shape index (κ3) is 2.42. The Bertz CT molecular complexity index is 944. The summed E-state index contributed by atoms with van der Waals surface area (Å²) in [4.78, 5) is 0. The standard InChI is InChI=1S/C20H22N4O/c1-20(10-11-20)19-23-22-18-9-6-13(12-24(18)19)25-17-8-7-16(21)14-4-2-3-5-15(14)17/h2-6,9,12,16-17H,7-8,10-11,21H2,1H3/t16-,17+/m0/s1. The maximum absolute atomic E-state index is 6.36. The quantitative estimate of drug-likeness (QED) is 0.793. The van der Waals surface area contributed by atoms with E-state index < -0.39 is 0 Å². The largest absolute Gasteiger partial charge is 0.484 e. The van der Waals surface area contributed by atoms with Gasteiger partial charge in [-0.1, -0.05) is 31.2 Å². The first-order valence-electron chi connectivity index (χ1n) is 9.00. The molecule has 0 aliphatic heterocycles. The number of benzene rings is 1. The molecule has 1 aromatic carbocycles. The van der Waals surface area contributed by atoms with Crippen molar-refractivity contribution in [2.45, 2.75) is 50.2 Å². The minimum Gasteiger partial charge on any atom is -0.484 e. The number of ether oxygens (including phenoxy) is 1. The van der Waals surface area contributed by atoms with Crippen molar-refractivity contribution >= 4 is 5.65 Å². The summed E-state index contributed by atoms with van der Waals surface area (Å²) in [6.45, 7) is 2.25. The molecule has 0 amide bonds. The molecule has 2 heterocycles. The fraction of sp³-hybridized carbons (Fsp3) is 0.400. The van der Waals surface area contributed by atoms with Crippen LogP contribution in [0.1, 0.15) is 61.7 Å². The van der Waals surface area contributed by atoms with Gasteiger partial charge >= 0.3 is 0 Å². The lowest BCUT2D eigenvalue weighted by atomic mass is 9.86. The topological polar surface area (TPSA) is 65.4 Å². The molecule has 1 saturated carbocycles. The minimum absolute atomic E-state index is 0.0462. The second-order valence-electron chi connectivity index (χ2n) is 7.60. The number of nitrogens with two attached hydrogens (primary N) is 1. The molecule has 2 aliphatic carbocycles. The number of aromatic nitrogens is 3. The number of nitrogens with zero attached hydrogens (tertiary/aromatic N) is 3. The summed E-state index contributed by atoms with van der Waals surface area (Å²) >= 11 is 0. The van der Waals surface area contributed by atoms with Crippen molar-refractivity contribution in [3.8, 4) is 5.75 Å². The van der Waals surface area contributed by atoms with E-state index in [2.05, 4.69) is 39.7 Å². The van der Waals surface area contributed by atoms with E-state index in [4.69, 9.17) is 10.5 Å². The monoisotopic (exact) mass is 334 g/mol. The van der Waals surface area contributed by atoms with E-state index >= 15 is 0 Å². The molecule has 5 nitrogen and oxygen atoms in total. The normalized spacial score (nSPS) is 24.1. The molecule has 25 heavy (non-hydrogen) atoms. The molecule has 0 spiro atoms. The van der Waals surface area contributed by atoms with Crippen molar-refractivity contribution in [2.75, 3.05) is 0 Å². The van der Waals surface area contributed by atoms with Crippen LogP contribution in [0.5, 0.6) is 5.75 Å². The summed E-state index contributed by atoms with van der Waals surface area (Å²) < 4.78 is 8.45. The summed E-state index contributed by atoms with van der Waals surface area (Å²) in [6.07, 6.45) is 6.30. The van der Waals surface area contributed by atoms with E-state index in [1.165, 1.54) is 24.0 Å². The second-order valence-corrected chi connectivity index (χ2v) is 7.60. The highest BCUT2D eigenvalue weighted by atomic mass is 16.5. The molecule has 2 aromatic heterocycles. The Kier molecular flexibility index (Phi) is 3.16. The number of fused-ring (bicyclic) bond motifs is 2. The lowest BCUT2D eigenvalue weighted by Gasteiger charge is -2.30. The fourth-order valence-electron chi connectivity index (χ4n) is 3.83. The Hall–Kier alpha value is -2.40. The van der Waals surface area contributed by atoms with Crippen LogP contribution in [0, 0.1) is 0 Å². The molecule has 2 N–H and O–H groups in total. The lowest BCUT2D eigenvalue weighted by molar-refractivity contribution is 0.176. The van der Waals surface area contributed by atoms with E-state index in [9.17, 15) is 0 Å². The predicted octanol–water partition coefficient (Wildman–Crippen LogP) is 3.69. The van der Waals surface area contributed by atoms with Gasteiger partial charge in [-0.15, -0.1) is 10.2 Å². The van der Waals surface area contributed by atoms with Crippen LogP contribution in [0.2, 0.25) is 0 Å². The molecule has 128 valence electrons. The van der Waals surface area contributed by atoms with Gasteiger partial charge in [0.15, 0.2) is 5.65 Å². The summed E-state index contributed by atoms with van der Waals surface area (Å²) in [5, 5.41) is 8.70. The van der Waals surface area contributed by atoms with E-state index in [0.717, 1.165) is 30.1 Å². The van der Waals surface area contributed by atoms with E-state index in [1.807, 2.05) is 24.4 Å². The van der Waals surface area contributed by atoms with Crippen LogP contribution in [0.15, 0.2) is 42.6 Å². The van der Waals surface area contributed by atoms with Crippen molar-refractivity contribution in [3.63, 3.8) is 0 Å². The summed E-state index contributed by atoms with van der Waals surface area (Å²) in [6, 6.07) is 12.4. The van der Waals surface area contributed by atoms with Crippen LogP contribution < -0.4 is 10.5 Å². The maximum atomic E-state index is 6.36. The minimum atomic E-state index is 0.0462. The van der Waals surface area contributed by atoms with Gasteiger partial charge in [0.25, 0.3) is 0 Å². The molecule has 3 aromatic rings. The zero-order valence-corrected chi connectivity index (χ0v) is 14.4. The molecule has 2 atom stereocenters. The predicted molar refractivity (Wildman–Crippen MR) is 95.5 cm³/mol. The Morgan fingerprint density at radius 2 is 1.88 bits per heavy atom. The smallest absolute Gasteiger partial charge is 0.161 e. The Balaban J connectivity index is 1.49. The van der Waals surface area contributed by atoms with Gasteiger partial charge in [0, 0.05) is 11.5 Å². The Morgan fingerprint density at radius 3 is 2.68 bits per heavy atom. The van der Waals surface area contributed by atoms with Crippen molar-refractivity contribution in [1.29, 1.82) is 0 Å². The van der Waals surface area contributed by atoms with Gasteiger partial charge in [-0.3, -0.25) is 4.40 Å². The van der Waals surface area contributed by atoms with E-state index in [1.54, 1.807) is 0 Å². The van der Waals surface area contributed by atoms with Crippen LogP contribution >= 0.6 is 0 Å². The highest BCUT2D eigenvalue weighted by Gasteiger charge is 2.43. The van der Waals surface area contributed by atoms with Crippen molar-refractivity contribution < 1.29 is 4.74 Å². The molecular weight excluding hydrogens is 312 g/mol. The van der Waals surface area contributed by atoms with Gasteiger partial charge < -0.3 is 10.5 Å². The molecule has 0 bridgehead atoms. The van der Waals surface area contributed by atoms with Crippen LogP contribution in [0.4, 0.5) is 0 Å². The summed E-state index contributed by atoms with van der Waals surface area (Å²) in [7, 11) is 0. The van der Waals surface area contributed by atoms with E-state index in [0.29, 0.717) is 0 Å². The molecule has 2 aliphatic rings. The van der Waals surface area contributed by atoms with Gasteiger partial charge in [-0.05, 0) is 48.9 Å². The summed E-state index contributed by atoms with van der Waals surface area (Å²) in [5.41, 5.74) is 9.72. The lowest BCUT2D eigenvalue weighted by Crippen LogP contribution is -2.23. The number of hydrogen-bond donors (Lipinski definition) is 1. The van der Waals surface area contributed by atoms with Crippen molar-refractivity contribution in [1.82, 2.24) is 14.6 Å². The van der Waals surface area contributed by atoms with Crippen LogP contribution in [-0.4, -0.2) is 14.6 Å². The first-order valence-corrected chi connectivity index (χ1v) is 9.00. The highest BCUT2D eigenvalue weighted by Crippen LogP contribution is 2.46. The first-order chi connectivity index (χ1) is 12.1. The van der Waals surface area contributed by atoms with Gasteiger partial charge in [-0.2, -0.15) is 0 Å². The second kappa shape index (κ2) is 5.30. The molecule has 5 heteroatoms. The first kappa shape index (κ1) is 14.9. The molecular formula is C20H22N4O. The highest BCUT2D eigenvalue weighted by molar-refractivity contribution is 5.44. The fourth-order valence-corrected chi connectivity index (χ4v) is 3.83. The number of hydrogen-bond acceptors (Lipinski definition) is 4. The molecule has 1 fully saturated rings. The Labute approximate surface area is 146 Å². The van der Waals surface area contributed by atoms with Crippen molar-refractivity contribution in [3.05, 3.63) is 59.5 Å². The van der Waals surface area contributed by atoms with Crippen LogP contribution in [-0.2, 0) is 5.41 Å². The zero-order chi connectivity index (χ0) is 17.0. The SMILES string of the molecule is CC1(c2nnc3ccc(O[C@@H]4CC[C@H](N)c5ccccc54)cn23)CC1. The molecule has 0 radical (unpaired) electrons. The van der Waals surface area contributed by atoms with Crippen molar-refractivity contribution in [2.24, 2.45) is 5.73 Å². The number of pyridine rings is 1. The molecule has 0 saturated heterocycles. The van der Waals surface area contributed by atoms with E-state index in [-0.39, 0.29) is 17.6 Å². The average molecular weight is 334 g/mol. The Morgan fingerprint density at radius 1 is 1.08 bits per heavy atom. The average Bonchev–Trinajstić information content (AvgIpc) is 3.23. The van der Waals surface area contributed by atoms with Gasteiger partial charge in [-0.25, -0.2) is 0 Å². The van der Waals surface area contributed by atoms with Gasteiger partial charge in [0.05, 0.1) is 6.20 Å². The number of rotatable bonds is 3. The zero-order valence-electron chi connectivity index (χ0n) is 14.4.